The van der Waals surface area contributed by atoms with Crippen molar-refractivity contribution >= 4 is 28.0 Å². The molecule has 0 aliphatic carbocycles. The van der Waals surface area contributed by atoms with E-state index in [1.807, 2.05) is 0 Å². The molecule has 0 atom stereocenters. The molecular formula is C25H21F4N3O4. The Morgan fingerprint density at radius 3 is 2.61 bits per heavy atom. The molecule has 188 valence electrons. The third-order valence-electron chi connectivity index (χ3n) is 6.64. The van der Waals surface area contributed by atoms with E-state index in [1.54, 1.807) is 0 Å². The van der Waals surface area contributed by atoms with Crippen molar-refractivity contribution in [3.8, 4) is 0 Å². The Labute approximate surface area is 201 Å². The van der Waals surface area contributed by atoms with Crippen LogP contribution in [0, 0.1) is 5.82 Å². The monoisotopic (exact) mass is 503 g/mol. The molecule has 0 unspecified atom stereocenters. The van der Waals surface area contributed by atoms with Crippen LogP contribution in [0.5, 0.6) is 0 Å². The van der Waals surface area contributed by atoms with E-state index < -0.39 is 28.7 Å². The minimum absolute atomic E-state index is 0.0239. The summed E-state index contributed by atoms with van der Waals surface area (Å²) in [6.07, 6.45) is -3.09. The average Bonchev–Trinajstić information content (AvgIpc) is 3.22. The first-order valence-corrected chi connectivity index (χ1v) is 11.3. The van der Waals surface area contributed by atoms with Crippen LogP contribution >= 0.6 is 0 Å². The van der Waals surface area contributed by atoms with E-state index in [9.17, 15) is 32.3 Å². The van der Waals surface area contributed by atoms with E-state index in [0.29, 0.717) is 11.0 Å². The van der Waals surface area contributed by atoms with Crippen molar-refractivity contribution in [2.75, 3.05) is 13.1 Å². The van der Waals surface area contributed by atoms with Crippen LogP contribution in [0.15, 0.2) is 58.0 Å². The second-order valence-electron chi connectivity index (χ2n) is 8.90. The van der Waals surface area contributed by atoms with Crippen LogP contribution in [-0.2, 0) is 23.1 Å². The highest BCUT2D eigenvalue weighted by Crippen LogP contribution is 2.37. The summed E-state index contributed by atoms with van der Waals surface area (Å²) in [6.45, 7) is 0.347. The van der Waals surface area contributed by atoms with Gasteiger partial charge in [-0.2, -0.15) is 13.2 Å². The van der Waals surface area contributed by atoms with Crippen LogP contribution < -0.4 is 5.56 Å². The second kappa shape index (κ2) is 8.74. The Bertz CT molecular complexity index is 1520. The summed E-state index contributed by atoms with van der Waals surface area (Å²) >= 11 is 0. The van der Waals surface area contributed by atoms with Gasteiger partial charge in [0.25, 0.3) is 5.56 Å². The van der Waals surface area contributed by atoms with Gasteiger partial charge in [0.05, 0.1) is 17.5 Å². The van der Waals surface area contributed by atoms with Crippen molar-refractivity contribution in [1.29, 1.82) is 0 Å². The van der Waals surface area contributed by atoms with Crippen molar-refractivity contribution < 1.29 is 31.9 Å². The highest BCUT2D eigenvalue weighted by molar-refractivity contribution is 6.01. The summed E-state index contributed by atoms with van der Waals surface area (Å²) in [6, 6.07) is 8.47. The number of likely N-dealkylation sites (tertiary alicyclic amines) is 1. The SMILES string of the molecule is O=C(CCn1cnc2c(oc3ccc(F)cc32)c1=O)N1CCC(O)(c2cccc(C(F)(F)F)c2)CC1. The van der Waals surface area contributed by atoms with Crippen molar-refractivity contribution in [1.82, 2.24) is 14.5 Å². The molecule has 1 fully saturated rings. The van der Waals surface area contributed by atoms with Crippen LogP contribution in [0.2, 0.25) is 0 Å². The largest absolute Gasteiger partial charge is 0.448 e. The van der Waals surface area contributed by atoms with Crippen molar-refractivity contribution in [3.63, 3.8) is 0 Å². The van der Waals surface area contributed by atoms with Gasteiger partial charge in [-0.1, -0.05) is 12.1 Å². The fourth-order valence-corrected chi connectivity index (χ4v) is 4.57. The van der Waals surface area contributed by atoms with Gasteiger partial charge in [0.15, 0.2) is 0 Å². The fourth-order valence-electron chi connectivity index (χ4n) is 4.57. The number of furan rings is 1. The molecule has 3 heterocycles. The molecule has 1 saturated heterocycles. The first-order chi connectivity index (χ1) is 17.0. The quantitative estimate of drug-likeness (QED) is 0.422. The molecule has 7 nitrogen and oxygen atoms in total. The van der Waals surface area contributed by atoms with E-state index in [0.717, 1.165) is 12.1 Å². The lowest BCUT2D eigenvalue weighted by molar-refractivity contribution is -0.137. The molecule has 0 bridgehead atoms. The van der Waals surface area contributed by atoms with E-state index in [2.05, 4.69) is 4.98 Å². The number of aryl methyl sites for hydroxylation is 1. The maximum atomic E-state index is 13.6. The zero-order valence-electron chi connectivity index (χ0n) is 18.9. The number of carbonyl (C=O) groups excluding carboxylic acids is 1. The molecule has 1 amide bonds. The topological polar surface area (TPSA) is 88.6 Å². The number of rotatable bonds is 4. The summed E-state index contributed by atoms with van der Waals surface area (Å²) in [5.74, 6) is -0.747. The minimum atomic E-state index is -4.52. The van der Waals surface area contributed by atoms with Gasteiger partial charge >= 0.3 is 6.18 Å². The van der Waals surface area contributed by atoms with Crippen molar-refractivity contribution in [3.05, 3.63) is 76.1 Å². The van der Waals surface area contributed by atoms with Gasteiger partial charge in [0.2, 0.25) is 11.5 Å². The van der Waals surface area contributed by atoms with Gasteiger partial charge in [-0.05, 0) is 48.7 Å². The van der Waals surface area contributed by atoms with Crippen LogP contribution in [0.25, 0.3) is 22.1 Å². The molecular weight excluding hydrogens is 482 g/mol. The van der Waals surface area contributed by atoms with Gasteiger partial charge < -0.3 is 14.4 Å². The van der Waals surface area contributed by atoms with Crippen molar-refractivity contribution in [2.24, 2.45) is 0 Å². The number of aromatic nitrogens is 2. The molecule has 1 aliphatic rings. The van der Waals surface area contributed by atoms with E-state index >= 15 is 0 Å². The minimum Gasteiger partial charge on any atom is -0.448 e. The number of benzene rings is 2. The first kappa shape index (κ1) is 24.0. The Kier molecular flexibility index (Phi) is 5.82. The number of carbonyl (C=O) groups is 1. The summed E-state index contributed by atoms with van der Waals surface area (Å²) in [7, 11) is 0. The van der Waals surface area contributed by atoms with Crippen molar-refractivity contribution in [2.45, 2.75) is 37.6 Å². The number of nitrogens with zero attached hydrogens (tertiary/aromatic N) is 3. The summed E-state index contributed by atoms with van der Waals surface area (Å²) in [4.78, 5) is 31.3. The summed E-state index contributed by atoms with van der Waals surface area (Å²) in [5.41, 5.74) is -2.10. The first-order valence-electron chi connectivity index (χ1n) is 11.3. The smallest absolute Gasteiger partial charge is 0.416 e. The predicted octanol–water partition coefficient (Wildman–Crippen LogP) is 4.20. The third-order valence-corrected chi connectivity index (χ3v) is 6.64. The summed E-state index contributed by atoms with van der Waals surface area (Å²) < 4.78 is 59.5. The van der Waals surface area contributed by atoms with Gasteiger partial charge in [-0.25, -0.2) is 9.37 Å². The van der Waals surface area contributed by atoms with Crippen LogP contribution in [-0.4, -0.2) is 38.6 Å². The zero-order valence-corrected chi connectivity index (χ0v) is 18.9. The summed E-state index contributed by atoms with van der Waals surface area (Å²) in [5, 5.41) is 11.3. The molecule has 2 aromatic carbocycles. The Morgan fingerprint density at radius 2 is 1.89 bits per heavy atom. The highest BCUT2D eigenvalue weighted by Gasteiger charge is 2.37. The van der Waals surface area contributed by atoms with E-state index in [4.69, 9.17) is 4.42 Å². The lowest BCUT2D eigenvalue weighted by atomic mass is 9.83. The standard InChI is InChI=1S/C25H21F4N3O4/c26-17-4-5-19-18(13-17)21-22(36-19)23(34)32(14-30-21)9-6-20(33)31-10-7-24(35,8-11-31)15-2-1-3-16(12-15)25(27,28)29/h1-5,12-14,35H,6-11H2. The number of hydrogen-bond acceptors (Lipinski definition) is 5. The predicted molar refractivity (Wildman–Crippen MR) is 122 cm³/mol. The Morgan fingerprint density at radius 1 is 1.14 bits per heavy atom. The molecule has 1 N–H and O–H groups in total. The van der Waals surface area contributed by atoms with Gasteiger partial charge in [0, 0.05) is 31.4 Å². The number of piperidine rings is 1. The molecule has 11 heteroatoms. The van der Waals surface area contributed by atoms with Gasteiger partial charge in [-0.3, -0.25) is 14.2 Å². The number of hydrogen-bond donors (Lipinski definition) is 1. The van der Waals surface area contributed by atoms with Crippen LogP contribution in [0.3, 0.4) is 0 Å². The van der Waals surface area contributed by atoms with Gasteiger partial charge in [-0.15, -0.1) is 0 Å². The van der Waals surface area contributed by atoms with Crippen LogP contribution in [0.4, 0.5) is 17.6 Å². The molecule has 0 spiro atoms. The van der Waals surface area contributed by atoms with Gasteiger partial charge in [0.1, 0.15) is 16.9 Å². The van der Waals surface area contributed by atoms with E-state index in [-0.39, 0.29) is 61.5 Å². The maximum absolute atomic E-state index is 13.6. The molecule has 5 rings (SSSR count). The number of halogens is 4. The molecule has 36 heavy (non-hydrogen) atoms. The fraction of sp³-hybridized carbons (Fsp3) is 0.320. The average molecular weight is 503 g/mol. The highest BCUT2D eigenvalue weighted by atomic mass is 19.4. The number of fused-ring (bicyclic) bond motifs is 3. The molecule has 4 aromatic rings. The lowest BCUT2D eigenvalue weighted by Gasteiger charge is -2.38. The molecule has 2 aromatic heterocycles. The zero-order chi connectivity index (χ0) is 25.7. The number of aliphatic hydroxyl groups is 1. The lowest BCUT2D eigenvalue weighted by Crippen LogP contribution is -2.45. The molecule has 0 radical (unpaired) electrons. The Hall–Kier alpha value is -3.73. The van der Waals surface area contributed by atoms with E-state index in [1.165, 1.54) is 46.1 Å². The number of alkyl halides is 3. The third kappa shape index (κ3) is 4.34. The Balaban J connectivity index is 1.25. The molecule has 1 aliphatic heterocycles. The maximum Gasteiger partial charge on any atom is 0.416 e. The second-order valence-corrected chi connectivity index (χ2v) is 8.90. The number of amides is 1. The molecule has 0 saturated carbocycles. The van der Waals surface area contributed by atoms with Crippen LogP contribution in [0.1, 0.15) is 30.4 Å². The normalized spacial score (nSPS) is 16.1.